The maximum Gasteiger partial charge on any atom is 0.186 e. The molecule has 1 aliphatic rings. The molecule has 120 valence electrons. The van der Waals surface area contributed by atoms with Crippen molar-refractivity contribution in [1.29, 1.82) is 0 Å². The number of hydrogen-bond donors (Lipinski definition) is 1. The quantitative estimate of drug-likeness (QED) is 0.743. The number of fused-ring (bicyclic) bond motifs is 1. The van der Waals surface area contributed by atoms with E-state index in [-0.39, 0.29) is 0 Å². The van der Waals surface area contributed by atoms with Crippen LogP contribution in [0.3, 0.4) is 0 Å². The number of aromatic nitrogens is 2. The Labute approximate surface area is 141 Å². The van der Waals surface area contributed by atoms with Gasteiger partial charge in [-0.15, -0.1) is 5.10 Å². The van der Waals surface area contributed by atoms with Crippen LogP contribution in [-0.4, -0.2) is 24.9 Å². The van der Waals surface area contributed by atoms with E-state index in [4.69, 9.17) is 0 Å². The van der Waals surface area contributed by atoms with Crippen LogP contribution in [0.4, 0.5) is 0 Å². The van der Waals surface area contributed by atoms with E-state index in [9.17, 15) is 8.76 Å². The van der Waals surface area contributed by atoms with Crippen molar-refractivity contribution in [1.82, 2.24) is 9.89 Å². The van der Waals surface area contributed by atoms with Crippen LogP contribution in [0.15, 0.2) is 64.6 Å². The number of hydrogen-bond acceptors (Lipinski definition) is 3. The van der Waals surface area contributed by atoms with E-state index in [0.717, 1.165) is 40.9 Å². The zero-order valence-corrected chi connectivity index (χ0v) is 13.6. The van der Waals surface area contributed by atoms with Gasteiger partial charge in [0.1, 0.15) is 5.69 Å². The van der Waals surface area contributed by atoms with Crippen LogP contribution in [0.2, 0.25) is 0 Å². The van der Waals surface area contributed by atoms with Gasteiger partial charge in [0.05, 0.1) is 10.6 Å². The van der Waals surface area contributed by atoms with E-state index in [2.05, 4.69) is 10.2 Å². The third-order valence-electron chi connectivity index (χ3n) is 4.05. The molecular weight excluding hydrogens is 322 g/mol. The minimum absolute atomic E-state index is 0.388. The lowest BCUT2D eigenvalue weighted by Gasteiger charge is -2.09. The van der Waals surface area contributed by atoms with Crippen LogP contribution in [0, 0.1) is 0 Å². The van der Waals surface area contributed by atoms with E-state index in [0.29, 0.717) is 4.90 Å². The van der Waals surface area contributed by atoms with E-state index in [1.165, 1.54) is 0 Å². The second-order valence-electron chi connectivity index (χ2n) is 5.54. The maximum atomic E-state index is 11.2. The van der Waals surface area contributed by atoms with Gasteiger partial charge in [-0.2, -0.15) is 9.89 Å². The molecule has 0 radical (unpaired) electrons. The predicted molar refractivity (Wildman–Crippen MR) is 94.3 cm³/mol. The molecule has 1 atom stereocenters. The molecule has 0 aliphatic carbocycles. The molecule has 1 unspecified atom stereocenters. The molecule has 0 fully saturated rings. The summed E-state index contributed by atoms with van der Waals surface area (Å²) < 4.78 is 20.4. The van der Waals surface area contributed by atoms with Crippen molar-refractivity contribution in [2.45, 2.75) is 17.7 Å². The summed E-state index contributed by atoms with van der Waals surface area (Å²) in [4.78, 5) is 2.08. The minimum atomic E-state index is -1.97. The van der Waals surface area contributed by atoms with Gasteiger partial charge in [0.2, 0.25) is 0 Å². The fraction of sp³-hybridized carbons (Fsp3) is 0.111. The summed E-state index contributed by atoms with van der Waals surface area (Å²) in [5.41, 5.74) is 4.98. The Hall–Kier alpha value is -2.57. The monoisotopic (exact) mass is 337 g/mol. The van der Waals surface area contributed by atoms with Gasteiger partial charge in [-0.25, -0.2) is 4.21 Å². The molecule has 1 aromatic heterocycles. The number of benzene rings is 2. The van der Waals surface area contributed by atoms with Gasteiger partial charge in [-0.05, 0) is 30.5 Å². The smallest absolute Gasteiger partial charge is 0.186 e. The lowest BCUT2D eigenvalue weighted by Crippen LogP contribution is -2.05. The second-order valence-corrected chi connectivity index (χ2v) is 6.51. The van der Waals surface area contributed by atoms with E-state index in [1.807, 2.05) is 48.7 Å². The highest BCUT2D eigenvalue weighted by Crippen LogP contribution is 2.36. The number of rotatable bonds is 3. The molecule has 5 nitrogen and oxygen atoms in total. The summed E-state index contributed by atoms with van der Waals surface area (Å²) in [6, 6.07) is 17.1. The third kappa shape index (κ3) is 2.60. The normalized spacial score (nSPS) is 14.4. The van der Waals surface area contributed by atoms with Gasteiger partial charge in [-0.1, -0.05) is 42.5 Å². The predicted octanol–water partition coefficient (Wildman–Crippen LogP) is 3.58. The van der Waals surface area contributed by atoms with Gasteiger partial charge < -0.3 is 4.55 Å². The van der Waals surface area contributed by atoms with E-state index >= 15 is 0 Å². The van der Waals surface area contributed by atoms with Crippen LogP contribution >= 0.6 is 0 Å². The Morgan fingerprint density at radius 1 is 1.00 bits per heavy atom. The van der Waals surface area contributed by atoms with Crippen molar-refractivity contribution in [2.24, 2.45) is 5.10 Å². The standard InChI is InChI=1S/C18H15N3O2S/c22-24(23)15-10-8-13(9-11-15)17-16-7-4-12-19-21(16)20-18(17)14-5-2-1-3-6-14/h1-3,5-6,8-12H,4,7H2,(H,22,23). The molecule has 0 saturated heterocycles. The van der Waals surface area contributed by atoms with Crippen molar-refractivity contribution in [3.05, 3.63) is 60.3 Å². The number of nitrogens with zero attached hydrogens (tertiary/aromatic N) is 3. The third-order valence-corrected chi connectivity index (χ3v) is 4.73. The Bertz CT molecular complexity index is 931. The summed E-state index contributed by atoms with van der Waals surface area (Å²) in [5, 5.41) is 9.03. The molecule has 0 spiro atoms. The van der Waals surface area contributed by atoms with E-state index < -0.39 is 11.1 Å². The Morgan fingerprint density at radius 3 is 2.46 bits per heavy atom. The summed E-state index contributed by atoms with van der Waals surface area (Å²) >= 11 is -1.97. The molecule has 2 heterocycles. The van der Waals surface area contributed by atoms with Crippen LogP contribution < -0.4 is 0 Å². The zero-order valence-electron chi connectivity index (χ0n) is 12.8. The highest BCUT2D eigenvalue weighted by molar-refractivity contribution is 7.79. The van der Waals surface area contributed by atoms with Crippen LogP contribution in [0.5, 0.6) is 0 Å². The first-order chi connectivity index (χ1) is 11.7. The lowest BCUT2D eigenvalue weighted by atomic mass is 9.97. The van der Waals surface area contributed by atoms with Gasteiger partial charge in [-0.3, -0.25) is 0 Å². The van der Waals surface area contributed by atoms with Crippen molar-refractivity contribution < 1.29 is 8.76 Å². The second kappa shape index (κ2) is 6.14. The van der Waals surface area contributed by atoms with Crippen molar-refractivity contribution in [3.8, 4) is 22.4 Å². The lowest BCUT2D eigenvalue weighted by molar-refractivity contribution is 0.564. The van der Waals surface area contributed by atoms with Crippen LogP contribution in [0.1, 0.15) is 12.1 Å². The molecule has 24 heavy (non-hydrogen) atoms. The van der Waals surface area contributed by atoms with Crippen molar-refractivity contribution in [3.63, 3.8) is 0 Å². The summed E-state index contributed by atoms with van der Waals surface area (Å²) in [7, 11) is 0. The van der Waals surface area contributed by atoms with Crippen molar-refractivity contribution >= 4 is 17.3 Å². The maximum absolute atomic E-state index is 11.2. The molecule has 4 rings (SSSR count). The Kier molecular flexibility index (Phi) is 3.84. The van der Waals surface area contributed by atoms with E-state index in [1.54, 1.807) is 16.9 Å². The minimum Gasteiger partial charge on any atom is -0.302 e. The molecule has 3 aromatic rings. The molecule has 6 heteroatoms. The Morgan fingerprint density at radius 2 is 1.75 bits per heavy atom. The molecule has 0 saturated carbocycles. The fourth-order valence-corrected chi connectivity index (χ4v) is 3.31. The highest BCUT2D eigenvalue weighted by Gasteiger charge is 2.21. The zero-order chi connectivity index (χ0) is 16.5. The summed E-state index contributed by atoms with van der Waals surface area (Å²) in [6.45, 7) is 0. The SMILES string of the molecule is O=S(O)c1ccc(-c2c(-c3ccccc3)nn3c2CCC=N3)cc1. The average Bonchev–Trinajstić information content (AvgIpc) is 3.02. The molecule has 0 amide bonds. The molecular formula is C18H15N3O2S. The summed E-state index contributed by atoms with van der Waals surface area (Å²) in [5.74, 6) is 0. The Balaban J connectivity index is 1.91. The first-order valence-corrected chi connectivity index (χ1v) is 8.76. The highest BCUT2D eigenvalue weighted by atomic mass is 32.2. The molecule has 2 aromatic carbocycles. The molecule has 1 N–H and O–H groups in total. The van der Waals surface area contributed by atoms with Gasteiger partial charge in [0.25, 0.3) is 0 Å². The largest absolute Gasteiger partial charge is 0.302 e. The molecule has 1 aliphatic heterocycles. The van der Waals surface area contributed by atoms with Crippen LogP contribution in [0.25, 0.3) is 22.4 Å². The topological polar surface area (TPSA) is 67.5 Å². The average molecular weight is 337 g/mol. The first kappa shape index (κ1) is 15.0. The van der Waals surface area contributed by atoms with Gasteiger partial charge in [0.15, 0.2) is 11.1 Å². The van der Waals surface area contributed by atoms with Crippen LogP contribution in [-0.2, 0) is 17.5 Å². The summed E-state index contributed by atoms with van der Waals surface area (Å²) in [6.07, 6.45) is 3.62. The fourth-order valence-electron chi connectivity index (χ4n) is 2.94. The van der Waals surface area contributed by atoms with Gasteiger partial charge in [0, 0.05) is 17.3 Å². The first-order valence-electron chi connectivity index (χ1n) is 7.65. The molecule has 0 bridgehead atoms. The van der Waals surface area contributed by atoms with Gasteiger partial charge >= 0.3 is 0 Å². The van der Waals surface area contributed by atoms with Crippen molar-refractivity contribution in [2.75, 3.05) is 0 Å².